The molecule has 146 valence electrons. The van der Waals surface area contributed by atoms with Crippen molar-refractivity contribution in [1.29, 1.82) is 0 Å². The average molecular weight is 379 g/mol. The van der Waals surface area contributed by atoms with Crippen molar-refractivity contribution in [2.45, 2.75) is 25.8 Å². The van der Waals surface area contributed by atoms with Gasteiger partial charge in [0.05, 0.1) is 29.0 Å². The quantitative estimate of drug-likeness (QED) is 0.688. The molecule has 1 aliphatic heterocycles. The van der Waals surface area contributed by atoms with Crippen molar-refractivity contribution in [3.8, 4) is 0 Å². The van der Waals surface area contributed by atoms with Crippen molar-refractivity contribution in [2.24, 2.45) is 17.6 Å². The molecule has 0 radical (unpaired) electrons. The number of anilines is 2. The summed E-state index contributed by atoms with van der Waals surface area (Å²) in [7, 11) is 0. The molecule has 2 heterocycles. The minimum atomic E-state index is -0.707. The monoisotopic (exact) mass is 379 g/mol. The van der Waals surface area contributed by atoms with Crippen LogP contribution in [0, 0.1) is 24.6 Å². The van der Waals surface area contributed by atoms with E-state index in [0.29, 0.717) is 30.7 Å². The Kier molecular flexibility index (Phi) is 4.21. The molecule has 2 unspecified atom stereocenters. The average Bonchev–Trinajstić information content (AvgIpc) is 3.38. The minimum Gasteiger partial charge on any atom is -0.396 e. The van der Waals surface area contributed by atoms with Gasteiger partial charge in [-0.1, -0.05) is 0 Å². The van der Waals surface area contributed by atoms with Crippen LogP contribution in [0.5, 0.6) is 0 Å². The van der Waals surface area contributed by atoms with Gasteiger partial charge < -0.3 is 16.4 Å². The fourth-order valence-corrected chi connectivity index (χ4v) is 4.30. The number of nitrogens with two attached hydrogens (primary N) is 2. The number of rotatable bonds is 4. The molecule has 9 heteroatoms. The van der Waals surface area contributed by atoms with Gasteiger partial charge in [-0.05, 0) is 32.2 Å². The number of nitrogens with one attached hydrogen (secondary N) is 1. The van der Waals surface area contributed by atoms with Crippen molar-refractivity contribution in [3.05, 3.63) is 32.2 Å². The van der Waals surface area contributed by atoms with Gasteiger partial charge in [0.1, 0.15) is 0 Å². The molecule has 1 saturated heterocycles. The highest BCUT2D eigenvalue weighted by Crippen LogP contribution is 2.42. The first-order valence-corrected chi connectivity index (χ1v) is 9.16. The maximum Gasteiger partial charge on any atom is 0.329 e. The number of H-pyrrole nitrogens is 1. The summed E-state index contributed by atoms with van der Waals surface area (Å²) in [5.74, 6) is -1.08. The number of benzene rings is 1. The summed E-state index contributed by atoms with van der Waals surface area (Å²) in [6.45, 7) is 2.18. The summed E-state index contributed by atoms with van der Waals surface area (Å²) in [5.41, 5.74) is 11.3. The Morgan fingerprint density at radius 1 is 1.22 bits per heavy atom. The molecule has 2 fully saturated rings. The second-order valence-corrected chi connectivity index (χ2v) is 7.60. The van der Waals surface area contributed by atoms with Crippen LogP contribution in [-0.4, -0.2) is 35.9 Å². The fourth-order valence-electron chi connectivity index (χ4n) is 4.30. The van der Waals surface area contributed by atoms with Gasteiger partial charge >= 0.3 is 5.69 Å². The van der Waals surface area contributed by atoms with E-state index in [0.717, 1.165) is 12.8 Å². The van der Waals surface area contributed by atoms with E-state index in [9.17, 15) is 14.0 Å². The molecule has 1 aliphatic carbocycles. The van der Waals surface area contributed by atoms with Crippen LogP contribution < -0.4 is 27.6 Å². The van der Waals surface area contributed by atoms with Gasteiger partial charge in [0, 0.05) is 30.6 Å². The van der Waals surface area contributed by atoms with Crippen LogP contribution in [0.25, 0.3) is 10.9 Å². The van der Waals surface area contributed by atoms with Gasteiger partial charge in [-0.3, -0.25) is 18.7 Å². The number of alkyl halides is 1. The summed E-state index contributed by atoms with van der Waals surface area (Å²) < 4.78 is 30.1. The maximum absolute atomic E-state index is 15.2. The molecule has 2 aromatic rings. The SMILES string of the molecule is Cc1c(N2CC(CN)C(CF)C2)c(F)c(N)c2c(=O)[nH]c(=O)n(C3CC3)c12. The van der Waals surface area contributed by atoms with Crippen molar-refractivity contribution in [2.75, 3.05) is 36.9 Å². The summed E-state index contributed by atoms with van der Waals surface area (Å²) in [5, 5.41) is -0.00290. The van der Waals surface area contributed by atoms with Gasteiger partial charge in [0.2, 0.25) is 0 Å². The van der Waals surface area contributed by atoms with Crippen LogP contribution in [0.4, 0.5) is 20.2 Å². The molecule has 2 aliphatic rings. The summed E-state index contributed by atoms with van der Waals surface area (Å²) >= 11 is 0. The van der Waals surface area contributed by atoms with E-state index in [4.69, 9.17) is 11.5 Å². The number of aryl methyl sites for hydroxylation is 1. The zero-order valence-corrected chi connectivity index (χ0v) is 15.1. The molecule has 0 spiro atoms. The third kappa shape index (κ3) is 2.63. The van der Waals surface area contributed by atoms with E-state index in [-0.39, 0.29) is 34.6 Å². The van der Waals surface area contributed by atoms with Crippen LogP contribution in [0.1, 0.15) is 24.4 Å². The molecule has 1 saturated carbocycles. The number of hydrogen-bond acceptors (Lipinski definition) is 5. The Labute approximate surface area is 153 Å². The Bertz CT molecular complexity index is 1020. The highest BCUT2D eigenvalue weighted by atomic mass is 19.1. The number of nitrogen functional groups attached to an aromatic ring is 1. The normalized spacial score (nSPS) is 22.7. The fraction of sp³-hybridized carbons (Fsp3) is 0.556. The molecule has 7 nitrogen and oxygen atoms in total. The molecular weight excluding hydrogens is 356 g/mol. The second-order valence-electron chi connectivity index (χ2n) is 7.60. The van der Waals surface area contributed by atoms with Crippen LogP contribution >= 0.6 is 0 Å². The van der Waals surface area contributed by atoms with Crippen molar-refractivity contribution >= 4 is 22.3 Å². The smallest absolute Gasteiger partial charge is 0.329 e. The molecule has 2 atom stereocenters. The third-order valence-corrected chi connectivity index (χ3v) is 5.87. The minimum absolute atomic E-state index is 0.00290. The van der Waals surface area contributed by atoms with E-state index in [1.54, 1.807) is 11.8 Å². The highest BCUT2D eigenvalue weighted by molar-refractivity contribution is 5.97. The molecule has 1 aromatic carbocycles. The third-order valence-electron chi connectivity index (χ3n) is 5.87. The van der Waals surface area contributed by atoms with E-state index in [1.807, 2.05) is 0 Å². The Hall–Kier alpha value is -2.42. The predicted molar refractivity (Wildman–Crippen MR) is 100 cm³/mol. The van der Waals surface area contributed by atoms with E-state index >= 15 is 4.39 Å². The van der Waals surface area contributed by atoms with Gasteiger partial charge in [0.25, 0.3) is 5.56 Å². The van der Waals surface area contributed by atoms with Gasteiger partial charge in [0.15, 0.2) is 5.82 Å². The number of hydrogen-bond donors (Lipinski definition) is 3. The van der Waals surface area contributed by atoms with Gasteiger partial charge in [-0.25, -0.2) is 9.18 Å². The number of nitrogens with zero attached hydrogens (tertiary/aromatic N) is 2. The second kappa shape index (κ2) is 6.33. The predicted octanol–water partition coefficient (Wildman–Crippen LogP) is 1.04. The first-order valence-electron chi connectivity index (χ1n) is 9.16. The lowest BCUT2D eigenvalue weighted by Crippen LogP contribution is -2.32. The first-order chi connectivity index (χ1) is 12.9. The van der Waals surface area contributed by atoms with Crippen LogP contribution in [0.3, 0.4) is 0 Å². The molecular formula is C18H23F2N5O2. The van der Waals surface area contributed by atoms with Crippen LogP contribution in [0.15, 0.2) is 9.59 Å². The maximum atomic E-state index is 15.2. The molecule has 0 amide bonds. The van der Waals surface area contributed by atoms with Crippen molar-refractivity contribution in [3.63, 3.8) is 0 Å². The van der Waals surface area contributed by atoms with Crippen molar-refractivity contribution in [1.82, 2.24) is 9.55 Å². The van der Waals surface area contributed by atoms with E-state index < -0.39 is 23.7 Å². The van der Waals surface area contributed by atoms with E-state index in [2.05, 4.69) is 4.98 Å². The first kappa shape index (κ1) is 18.0. The van der Waals surface area contributed by atoms with Crippen LogP contribution in [-0.2, 0) is 0 Å². The molecule has 0 bridgehead atoms. The van der Waals surface area contributed by atoms with Gasteiger partial charge in [-0.2, -0.15) is 0 Å². The number of fused-ring (bicyclic) bond motifs is 1. The largest absolute Gasteiger partial charge is 0.396 e. The lowest BCUT2D eigenvalue weighted by Gasteiger charge is -2.25. The molecule has 1 aromatic heterocycles. The lowest BCUT2D eigenvalue weighted by molar-refractivity contribution is 0.319. The summed E-state index contributed by atoms with van der Waals surface area (Å²) in [6.07, 6.45) is 1.63. The zero-order valence-electron chi connectivity index (χ0n) is 15.1. The summed E-state index contributed by atoms with van der Waals surface area (Å²) in [4.78, 5) is 28.7. The zero-order chi connectivity index (χ0) is 19.5. The molecule has 4 rings (SSSR count). The number of aromatic amines is 1. The number of aromatic nitrogens is 2. The Morgan fingerprint density at radius 2 is 1.89 bits per heavy atom. The highest BCUT2D eigenvalue weighted by Gasteiger charge is 2.36. The topological polar surface area (TPSA) is 110 Å². The Morgan fingerprint density at radius 3 is 2.44 bits per heavy atom. The van der Waals surface area contributed by atoms with E-state index in [1.165, 1.54) is 4.57 Å². The van der Waals surface area contributed by atoms with Crippen LogP contribution in [0.2, 0.25) is 0 Å². The summed E-state index contributed by atoms with van der Waals surface area (Å²) in [6, 6.07) is -0.0257. The standard InChI is InChI=1S/C18H23F2N5O2/c1-8-15-12(17(26)23-18(27)25(15)11-2-3-11)14(22)13(20)16(8)24-6-9(4-19)10(5-21)7-24/h9-11H,2-7,21-22H2,1H3,(H,23,26,27). The number of halogens is 2. The Balaban J connectivity index is 1.99. The lowest BCUT2D eigenvalue weighted by atomic mass is 9.98. The van der Waals surface area contributed by atoms with Gasteiger partial charge in [-0.15, -0.1) is 0 Å². The molecule has 5 N–H and O–H groups in total. The molecule has 27 heavy (non-hydrogen) atoms. The van der Waals surface area contributed by atoms with Crippen molar-refractivity contribution < 1.29 is 8.78 Å².